The van der Waals surface area contributed by atoms with Crippen LogP contribution >= 0.6 is 0 Å². The van der Waals surface area contributed by atoms with E-state index in [1.54, 1.807) is 0 Å². The minimum atomic E-state index is -1.18. The minimum Gasteiger partial charge on any atom is -1.00 e. The Bertz CT molecular complexity index is 206. The van der Waals surface area contributed by atoms with Gasteiger partial charge in [-0.1, -0.05) is 12.7 Å². The summed E-state index contributed by atoms with van der Waals surface area (Å²) in [6.45, 7) is 3.40. The Morgan fingerprint density at radius 2 is 2.08 bits per heavy atom. The molecule has 0 aromatic heterocycles. The summed E-state index contributed by atoms with van der Waals surface area (Å²) in [6, 6.07) is 0. The monoisotopic (exact) mass is 198 g/mol. The second-order valence-corrected chi connectivity index (χ2v) is 1.59. The molecule has 0 fully saturated rings. The van der Waals surface area contributed by atoms with Crippen molar-refractivity contribution in [2.24, 2.45) is 0 Å². The van der Waals surface area contributed by atoms with Gasteiger partial charge < -0.3 is 12.7 Å². The van der Waals surface area contributed by atoms with Crippen molar-refractivity contribution in [3.63, 3.8) is 0 Å². The van der Waals surface area contributed by atoms with Crippen LogP contribution in [0.4, 0.5) is 0 Å². The molecule has 0 aliphatic heterocycles. The van der Waals surface area contributed by atoms with E-state index in [0.717, 1.165) is 6.08 Å². The Kier molecular flexibility index (Phi) is 10.4. The van der Waals surface area contributed by atoms with Gasteiger partial charge in [-0.3, -0.25) is 0 Å². The third-order valence-electron chi connectivity index (χ3n) is 0.705. The first-order valence-corrected chi connectivity index (χ1v) is 2.85. The van der Waals surface area contributed by atoms with Crippen LogP contribution in [0.1, 0.15) is 2.85 Å². The molecule has 0 aliphatic rings. The molecule has 0 unspecified atom stereocenters. The third kappa shape index (κ3) is 9.68. The van der Waals surface area contributed by atoms with Gasteiger partial charge in [-0.25, -0.2) is 9.59 Å². The van der Waals surface area contributed by atoms with Gasteiger partial charge in [0.25, 0.3) is 0 Å². The Morgan fingerprint density at radius 1 is 1.50 bits per heavy atom. The van der Waals surface area contributed by atoms with Gasteiger partial charge in [0.05, 0.1) is 0 Å². The smallest absolute Gasteiger partial charge is 1.00 e. The van der Waals surface area contributed by atoms with Gasteiger partial charge in [-0.15, -0.1) is 0 Å². The maximum atomic E-state index is 10.5. The van der Waals surface area contributed by atoms with Gasteiger partial charge in [-0.05, 0) is 0 Å². The van der Waals surface area contributed by atoms with Crippen molar-refractivity contribution in [1.82, 2.24) is 0 Å². The molecule has 4 nitrogen and oxygen atoms in total. The van der Waals surface area contributed by atoms with Gasteiger partial charge >= 0.3 is 49.7 Å². The normalized spacial score (nSPS) is 8.67. The van der Waals surface area contributed by atoms with E-state index in [9.17, 15) is 9.59 Å². The molecule has 0 aromatic carbocycles. The molecule has 5 heteroatoms. The molecule has 0 amide bonds. The predicted octanol–water partition coefficient (Wildman–Crippen LogP) is 0.201. The molecular weight excluding hydrogens is 188 g/mol. The van der Waals surface area contributed by atoms with E-state index in [2.05, 4.69) is 11.3 Å². The van der Waals surface area contributed by atoms with Crippen molar-refractivity contribution in [2.45, 2.75) is 0 Å². The van der Waals surface area contributed by atoms with Crippen LogP contribution in [0.25, 0.3) is 0 Å². The maximum absolute atomic E-state index is 10.5. The summed E-state index contributed by atoms with van der Waals surface area (Å²) in [5.41, 5.74) is 0. The first kappa shape index (κ1) is 14.2. The van der Waals surface area contributed by atoms with Crippen LogP contribution in [-0.4, -0.2) is 61.4 Å². The van der Waals surface area contributed by atoms with E-state index in [4.69, 9.17) is 5.11 Å². The van der Waals surface area contributed by atoms with E-state index in [1.165, 1.54) is 6.08 Å². The van der Waals surface area contributed by atoms with Crippen LogP contribution in [0.3, 0.4) is 0 Å². The van der Waals surface area contributed by atoms with Crippen LogP contribution in [0, 0.1) is 0 Å². The van der Waals surface area contributed by atoms with Crippen LogP contribution in [-0.2, 0) is 14.3 Å². The quantitative estimate of drug-likeness (QED) is 0.303. The van der Waals surface area contributed by atoms with Gasteiger partial charge in [0.15, 0.2) is 0 Å². The van der Waals surface area contributed by atoms with Gasteiger partial charge in [0.1, 0.15) is 6.61 Å². The Morgan fingerprint density at radius 3 is 2.50 bits per heavy atom. The molecule has 1 N–H and O–H groups in total. The van der Waals surface area contributed by atoms with Crippen molar-refractivity contribution in [1.29, 1.82) is 0 Å². The van der Waals surface area contributed by atoms with Crippen LogP contribution in [0.2, 0.25) is 0 Å². The summed E-state index contributed by atoms with van der Waals surface area (Å²) < 4.78 is 4.43. The van der Waals surface area contributed by atoms with Crippen molar-refractivity contribution in [3.05, 3.63) is 24.8 Å². The number of ether oxygens (including phenoxy) is 1. The number of esters is 1. The molecule has 12 heavy (non-hydrogen) atoms. The van der Waals surface area contributed by atoms with Crippen molar-refractivity contribution in [3.8, 4) is 0 Å². The zero-order valence-corrected chi connectivity index (χ0v) is 8.73. The first-order valence-electron chi connectivity index (χ1n) is 2.85. The summed E-state index contributed by atoms with van der Waals surface area (Å²) in [6.07, 6.45) is 2.95. The number of hydrogen-bond acceptors (Lipinski definition) is 3. The molecule has 0 heterocycles. The van der Waals surface area contributed by atoms with Crippen molar-refractivity contribution < 1.29 is 22.3 Å². The predicted molar refractivity (Wildman–Crippen MR) is 45.9 cm³/mol. The molecular formula is C7H10CaO4. The zero-order chi connectivity index (χ0) is 8.69. The SMILES string of the molecule is C=CCOC(=O)C=CC(=O)O.[Ca+2].[H-].[H-]. The number of hydrogen-bond donors (Lipinski definition) is 1. The average Bonchev–Trinajstić information content (AvgIpc) is 1.97. The third-order valence-corrected chi connectivity index (χ3v) is 0.705. The van der Waals surface area contributed by atoms with Gasteiger partial charge in [-0.2, -0.15) is 0 Å². The number of rotatable bonds is 4. The van der Waals surface area contributed by atoms with E-state index in [-0.39, 0.29) is 47.2 Å². The van der Waals surface area contributed by atoms with Crippen LogP contribution < -0.4 is 0 Å². The van der Waals surface area contributed by atoms with Crippen molar-refractivity contribution >= 4 is 49.7 Å². The zero-order valence-electron chi connectivity index (χ0n) is 8.53. The van der Waals surface area contributed by atoms with Gasteiger partial charge in [0, 0.05) is 12.2 Å². The van der Waals surface area contributed by atoms with Crippen molar-refractivity contribution in [2.75, 3.05) is 6.61 Å². The van der Waals surface area contributed by atoms with E-state index < -0.39 is 11.9 Å². The largest absolute Gasteiger partial charge is 2.00 e. The standard InChI is InChI=1S/C7H8O4.Ca.2H/c1-2-5-11-7(10)4-3-6(8)9;;;/h2-4H,1,5H2,(H,8,9);;;/q;+2;2*-1. The maximum Gasteiger partial charge on any atom is 2.00 e. The number of carboxylic acid groups (broad SMARTS) is 1. The fraction of sp³-hybridized carbons (Fsp3) is 0.143. The Labute approximate surface area is 103 Å². The summed E-state index contributed by atoms with van der Waals surface area (Å²) in [5, 5.41) is 8.07. The summed E-state index contributed by atoms with van der Waals surface area (Å²) >= 11 is 0. The molecule has 0 aromatic rings. The molecule has 0 radical (unpaired) electrons. The molecule has 0 saturated carbocycles. The molecule has 0 spiro atoms. The topological polar surface area (TPSA) is 63.6 Å². The Hall–Kier alpha value is -0.320. The fourth-order valence-corrected chi connectivity index (χ4v) is 0.329. The second kappa shape index (κ2) is 8.77. The molecule has 0 saturated heterocycles. The number of carbonyl (C=O) groups is 2. The average molecular weight is 198 g/mol. The van der Waals surface area contributed by atoms with Crippen LogP contribution in [0.5, 0.6) is 0 Å². The second-order valence-electron chi connectivity index (χ2n) is 1.59. The van der Waals surface area contributed by atoms with E-state index in [0.29, 0.717) is 6.08 Å². The number of aliphatic carboxylic acids is 1. The first-order chi connectivity index (χ1) is 5.16. The summed E-state index contributed by atoms with van der Waals surface area (Å²) in [5.74, 6) is -1.87. The molecule has 64 valence electrons. The van der Waals surface area contributed by atoms with E-state index in [1.807, 2.05) is 0 Å². The number of carbonyl (C=O) groups excluding carboxylic acids is 1. The fourth-order valence-electron chi connectivity index (χ4n) is 0.329. The van der Waals surface area contributed by atoms with Gasteiger partial charge in [0.2, 0.25) is 0 Å². The molecule has 0 atom stereocenters. The molecule has 0 rings (SSSR count). The molecule has 0 bridgehead atoms. The Balaban J connectivity index is -0.000000167. The number of carboxylic acids is 1. The van der Waals surface area contributed by atoms with E-state index >= 15 is 0 Å². The summed E-state index contributed by atoms with van der Waals surface area (Å²) in [4.78, 5) is 20.3. The van der Waals surface area contributed by atoms with Crippen LogP contribution in [0.15, 0.2) is 24.8 Å². The minimum absolute atomic E-state index is 0. The molecule has 0 aliphatic carbocycles. The summed E-state index contributed by atoms with van der Waals surface area (Å²) in [7, 11) is 0.